The van der Waals surface area contributed by atoms with Crippen molar-refractivity contribution in [3.8, 4) is 0 Å². The minimum Gasteiger partial charge on any atom is -0.375 e. The van der Waals surface area contributed by atoms with Gasteiger partial charge in [-0.25, -0.2) is 0 Å². The Morgan fingerprint density at radius 2 is 1.74 bits per heavy atom. The van der Waals surface area contributed by atoms with Gasteiger partial charge in [-0.3, -0.25) is 4.79 Å². The summed E-state index contributed by atoms with van der Waals surface area (Å²) in [5.41, 5.74) is -6.16. The number of carbonyl (C=O) groups is 1. The topological polar surface area (TPSA) is 49.8 Å². The molecule has 0 radical (unpaired) electrons. The fourth-order valence-corrected chi connectivity index (χ4v) is 3.42. The Morgan fingerprint density at radius 3 is 2.22 bits per heavy atom. The average molecular weight is 419 g/mol. The Labute approximate surface area is 156 Å². The largest absolute Gasteiger partial charge is 0.430 e. The molecule has 0 atom stereocenters. The first kappa shape index (κ1) is 23.6. The maximum Gasteiger partial charge on any atom is 0.430 e. The number of halogens is 6. The number of nitrogens with zero attached hydrogens (tertiary/aromatic N) is 1. The lowest BCUT2D eigenvalue weighted by molar-refractivity contribution is -0.376. The van der Waals surface area contributed by atoms with Crippen LogP contribution in [0.15, 0.2) is 23.1 Å². The third kappa shape index (κ3) is 4.52. The standard InChI is InChI=1S/C14H13F6NO3S.C2H6/c1-24-7-11(22)21-4-5-25-10-6-8(2-3-9(10)21)12(23,13(15,16)17)14(18,19)20;1-2/h2-3,6,23H,4-5,7H2,1H3;1-2H3. The average Bonchev–Trinajstić information content (AvgIpc) is 2.60. The molecule has 0 unspecified atom stereocenters. The summed E-state index contributed by atoms with van der Waals surface area (Å²) in [6, 6.07) is 2.11. The third-order valence-corrected chi connectivity index (χ3v) is 4.65. The molecule has 1 aromatic rings. The molecule has 2 rings (SSSR count). The number of rotatable bonds is 3. The van der Waals surface area contributed by atoms with Crippen LogP contribution in [0.25, 0.3) is 0 Å². The van der Waals surface area contributed by atoms with E-state index in [9.17, 15) is 36.2 Å². The molecule has 0 aromatic heterocycles. The Hall–Kier alpha value is -1.46. The summed E-state index contributed by atoms with van der Waals surface area (Å²) in [4.78, 5) is 13.2. The van der Waals surface area contributed by atoms with Crippen molar-refractivity contribution < 1.29 is 41.0 Å². The molecule has 0 aliphatic carbocycles. The Bertz CT molecular complexity index is 649. The van der Waals surface area contributed by atoms with E-state index in [1.165, 1.54) is 12.0 Å². The SMILES string of the molecule is CC.COCC(=O)N1CCSc2cc(C(O)(C(F)(F)F)C(F)(F)F)ccc21. The molecule has 1 aliphatic rings. The van der Waals surface area contributed by atoms with Gasteiger partial charge in [-0.2, -0.15) is 26.3 Å². The van der Waals surface area contributed by atoms with E-state index < -0.39 is 29.4 Å². The summed E-state index contributed by atoms with van der Waals surface area (Å²) >= 11 is 0.999. The molecular weight excluding hydrogens is 400 g/mol. The first-order chi connectivity index (χ1) is 12.4. The molecule has 0 saturated carbocycles. The second kappa shape index (κ2) is 8.70. The predicted molar refractivity (Wildman–Crippen MR) is 88.7 cm³/mol. The normalized spacial score (nSPS) is 15.0. The van der Waals surface area contributed by atoms with Crippen molar-refractivity contribution in [1.82, 2.24) is 0 Å². The number of alkyl halides is 6. The molecule has 1 amide bonds. The zero-order valence-corrected chi connectivity index (χ0v) is 15.6. The maximum atomic E-state index is 13.0. The van der Waals surface area contributed by atoms with Gasteiger partial charge < -0.3 is 14.7 Å². The lowest BCUT2D eigenvalue weighted by atomic mass is 9.92. The molecule has 4 nitrogen and oxygen atoms in total. The van der Waals surface area contributed by atoms with Crippen molar-refractivity contribution >= 4 is 23.4 Å². The van der Waals surface area contributed by atoms with E-state index >= 15 is 0 Å². The van der Waals surface area contributed by atoms with Gasteiger partial charge >= 0.3 is 12.4 Å². The highest BCUT2D eigenvalue weighted by Gasteiger charge is 2.71. The molecule has 154 valence electrons. The number of thioether (sulfide) groups is 1. The molecule has 1 aliphatic heterocycles. The van der Waals surface area contributed by atoms with Crippen molar-refractivity contribution in [2.24, 2.45) is 0 Å². The van der Waals surface area contributed by atoms with Gasteiger partial charge in [0.1, 0.15) is 6.61 Å². The van der Waals surface area contributed by atoms with E-state index in [1.54, 1.807) is 0 Å². The first-order valence-corrected chi connectivity index (χ1v) is 8.84. The molecule has 0 saturated heterocycles. The first-order valence-electron chi connectivity index (χ1n) is 7.86. The summed E-state index contributed by atoms with van der Waals surface area (Å²) in [6.07, 6.45) is -11.9. The highest BCUT2D eigenvalue weighted by atomic mass is 32.2. The molecule has 1 N–H and O–H groups in total. The Balaban J connectivity index is 0.00000176. The van der Waals surface area contributed by atoms with Crippen LogP contribution in [0.3, 0.4) is 0 Å². The van der Waals surface area contributed by atoms with E-state index in [4.69, 9.17) is 4.74 Å². The fourth-order valence-electron chi connectivity index (χ4n) is 2.39. The van der Waals surface area contributed by atoms with Crippen molar-refractivity contribution in [3.05, 3.63) is 23.8 Å². The molecule has 0 bridgehead atoms. The number of aliphatic hydroxyl groups is 1. The number of carbonyl (C=O) groups excluding carboxylic acids is 1. The van der Waals surface area contributed by atoms with E-state index in [0.717, 1.165) is 17.8 Å². The van der Waals surface area contributed by atoms with Gasteiger partial charge in [0, 0.05) is 29.9 Å². The zero-order valence-electron chi connectivity index (χ0n) is 14.7. The van der Waals surface area contributed by atoms with Gasteiger partial charge in [0.2, 0.25) is 0 Å². The molecule has 11 heteroatoms. The summed E-state index contributed by atoms with van der Waals surface area (Å²) < 4.78 is 82.5. The van der Waals surface area contributed by atoms with Gasteiger partial charge in [0.05, 0.1) is 5.69 Å². The van der Waals surface area contributed by atoms with E-state index in [1.807, 2.05) is 13.8 Å². The number of benzene rings is 1. The number of anilines is 1. The smallest absolute Gasteiger partial charge is 0.375 e. The number of hydrogen-bond donors (Lipinski definition) is 1. The number of methoxy groups -OCH3 is 1. The van der Waals surface area contributed by atoms with Crippen molar-refractivity contribution in [1.29, 1.82) is 0 Å². The van der Waals surface area contributed by atoms with Gasteiger partial charge in [0.25, 0.3) is 11.5 Å². The molecular formula is C16H19F6NO3S. The highest BCUT2D eigenvalue weighted by molar-refractivity contribution is 7.99. The van der Waals surface area contributed by atoms with Gasteiger partial charge in [-0.05, 0) is 12.1 Å². The second-order valence-electron chi connectivity index (χ2n) is 5.22. The van der Waals surface area contributed by atoms with Crippen LogP contribution in [-0.2, 0) is 15.1 Å². The van der Waals surface area contributed by atoms with Crippen LogP contribution in [0.5, 0.6) is 0 Å². The number of hydrogen-bond acceptors (Lipinski definition) is 4. The van der Waals surface area contributed by atoms with Crippen LogP contribution in [0.4, 0.5) is 32.0 Å². The van der Waals surface area contributed by atoms with E-state index in [-0.39, 0.29) is 29.5 Å². The Kier molecular flexibility index (Phi) is 7.60. The lowest BCUT2D eigenvalue weighted by Gasteiger charge is -2.34. The highest BCUT2D eigenvalue weighted by Crippen LogP contribution is 2.51. The van der Waals surface area contributed by atoms with Crippen LogP contribution in [0.1, 0.15) is 19.4 Å². The van der Waals surface area contributed by atoms with Crippen LogP contribution in [0.2, 0.25) is 0 Å². The Morgan fingerprint density at radius 1 is 1.19 bits per heavy atom. The molecule has 0 spiro atoms. The monoisotopic (exact) mass is 419 g/mol. The predicted octanol–water partition coefficient (Wildman–Crippen LogP) is 4.11. The van der Waals surface area contributed by atoms with E-state index in [0.29, 0.717) is 12.1 Å². The van der Waals surface area contributed by atoms with Crippen molar-refractivity contribution in [2.75, 3.05) is 30.9 Å². The summed E-state index contributed by atoms with van der Waals surface area (Å²) in [5.74, 6) is -0.193. The molecule has 0 fully saturated rings. The summed E-state index contributed by atoms with van der Waals surface area (Å²) in [5, 5.41) is 9.46. The number of fused-ring (bicyclic) bond motifs is 1. The number of amides is 1. The third-order valence-electron chi connectivity index (χ3n) is 3.63. The molecule has 27 heavy (non-hydrogen) atoms. The van der Waals surface area contributed by atoms with Crippen LogP contribution >= 0.6 is 11.8 Å². The zero-order chi connectivity index (χ0) is 21.0. The van der Waals surface area contributed by atoms with Crippen LogP contribution < -0.4 is 4.90 Å². The maximum absolute atomic E-state index is 13.0. The lowest BCUT2D eigenvalue weighted by Crippen LogP contribution is -2.54. The number of ether oxygens (including phenoxy) is 1. The van der Waals surface area contributed by atoms with Gasteiger partial charge in [-0.1, -0.05) is 19.9 Å². The molecule has 1 heterocycles. The summed E-state index contributed by atoms with van der Waals surface area (Å²) in [7, 11) is 1.29. The van der Waals surface area contributed by atoms with Crippen LogP contribution in [0, 0.1) is 0 Å². The van der Waals surface area contributed by atoms with Gasteiger partial charge in [-0.15, -0.1) is 11.8 Å². The fraction of sp³-hybridized carbons (Fsp3) is 0.562. The molecule has 1 aromatic carbocycles. The van der Waals surface area contributed by atoms with Gasteiger partial charge in [0.15, 0.2) is 0 Å². The van der Waals surface area contributed by atoms with E-state index in [2.05, 4.69) is 0 Å². The van der Waals surface area contributed by atoms with Crippen molar-refractivity contribution in [2.45, 2.75) is 36.7 Å². The van der Waals surface area contributed by atoms with Crippen molar-refractivity contribution in [3.63, 3.8) is 0 Å². The minimum absolute atomic E-state index is 0.0418. The van der Waals surface area contributed by atoms with Crippen LogP contribution in [-0.4, -0.2) is 49.4 Å². The minimum atomic E-state index is -5.95. The summed E-state index contributed by atoms with van der Waals surface area (Å²) in [6.45, 7) is 3.96. The quantitative estimate of drug-likeness (QED) is 0.750. The second-order valence-corrected chi connectivity index (χ2v) is 6.35.